The fourth-order valence-corrected chi connectivity index (χ4v) is 9.49. The van der Waals surface area contributed by atoms with E-state index in [1.165, 1.54) is 97.1 Å². The van der Waals surface area contributed by atoms with E-state index in [1.807, 2.05) is 18.2 Å². The summed E-state index contributed by atoms with van der Waals surface area (Å²) in [4.78, 5) is 11.5. The average molecular weight is 971 g/mol. The summed E-state index contributed by atoms with van der Waals surface area (Å²) in [5, 5.41) is 0. The Hall–Kier alpha value is -6.59. The van der Waals surface area contributed by atoms with Crippen LogP contribution in [0.3, 0.4) is 0 Å². The summed E-state index contributed by atoms with van der Waals surface area (Å²) in [6.45, 7) is 0. The highest BCUT2D eigenvalue weighted by Crippen LogP contribution is 2.47. The number of benzene rings is 4. The zero-order chi connectivity index (χ0) is 45.3. The third-order valence-electron chi connectivity index (χ3n) is 10.4. The molecule has 2 aliphatic heterocycles. The van der Waals surface area contributed by atoms with Crippen molar-refractivity contribution in [3.63, 3.8) is 0 Å². The van der Waals surface area contributed by atoms with Crippen LogP contribution in [0.15, 0.2) is 147 Å². The molecule has 65 heavy (non-hydrogen) atoms. The Bertz CT molecular complexity index is 3800. The van der Waals surface area contributed by atoms with Crippen LogP contribution in [0, 0.1) is 0 Å². The van der Waals surface area contributed by atoms with E-state index in [-0.39, 0.29) is 23.6 Å². The van der Waals surface area contributed by atoms with Gasteiger partial charge in [-0.1, -0.05) is 36.4 Å². The third-order valence-corrected chi connectivity index (χ3v) is 13.9. The fraction of sp³-hybridized carbons (Fsp3) is 0. The number of hydrogen-bond donors (Lipinski definition) is 5. The van der Waals surface area contributed by atoms with Crippen LogP contribution in [0.1, 0.15) is 22.8 Å². The van der Waals surface area contributed by atoms with Crippen molar-refractivity contribution in [2.75, 3.05) is 0 Å². The van der Waals surface area contributed by atoms with Crippen molar-refractivity contribution in [1.29, 1.82) is 0 Å². The molecular formula is C44H31ClN4O12S4. The minimum Gasteiger partial charge on any atom is -0.355 e. The van der Waals surface area contributed by atoms with Crippen LogP contribution in [-0.4, -0.2) is 71.4 Å². The van der Waals surface area contributed by atoms with Gasteiger partial charge in [-0.2, -0.15) is 33.7 Å². The first-order valence-corrected chi connectivity index (χ1v) is 24.5. The number of aromatic nitrogens is 4. The Morgan fingerprint density at radius 2 is 0.785 bits per heavy atom. The highest BCUT2D eigenvalue weighted by molar-refractivity contribution is 7.86. The molecule has 9 rings (SSSR count). The molecule has 0 aliphatic carbocycles. The number of hydrogen-bond acceptors (Lipinski definition) is 10. The van der Waals surface area contributed by atoms with Crippen LogP contribution in [-0.2, 0) is 40.5 Å². The molecule has 0 saturated carbocycles. The summed E-state index contributed by atoms with van der Waals surface area (Å²) in [5.41, 5.74) is 6.08. The molecule has 330 valence electrons. The maximum absolute atomic E-state index is 12.3. The zero-order valence-electron chi connectivity index (χ0n) is 32.9. The van der Waals surface area contributed by atoms with Gasteiger partial charge in [-0.15, -0.1) is 12.4 Å². The highest BCUT2D eigenvalue weighted by Gasteiger charge is 2.27. The zero-order valence-corrected chi connectivity index (χ0v) is 37.0. The van der Waals surface area contributed by atoms with Gasteiger partial charge in [0.25, 0.3) is 40.5 Å². The van der Waals surface area contributed by atoms with Crippen molar-refractivity contribution >= 4 is 99.3 Å². The Kier molecular flexibility index (Phi) is 11.4. The SMILES string of the molecule is Cl.O=S(=O)(O)c1ccc(-c2c(-c3ccc(S(=O)(=O)O)cc3)c3c(-c4ccc(S(=O)(=O)O)cc4)c4nc(cc5ccc(cc6nc(cc2n3-c2ccc(S(=O)(=O)O)cc2)C=C6)[nH]5)C=C4)cc1. The second-order valence-electron chi connectivity index (χ2n) is 14.5. The molecule has 0 fully saturated rings. The quantitative estimate of drug-likeness (QED) is 0.0894. The van der Waals surface area contributed by atoms with Gasteiger partial charge in [-0.05, 0) is 132 Å². The maximum Gasteiger partial charge on any atom is 0.294 e. The van der Waals surface area contributed by atoms with E-state index < -0.39 is 60.1 Å². The minimum absolute atomic E-state index is 0. The van der Waals surface area contributed by atoms with Crippen molar-refractivity contribution in [2.24, 2.45) is 0 Å². The smallest absolute Gasteiger partial charge is 0.294 e. The van der Waals surface area contributed by atoms with E-state index in [0.717, 1.165) is 5.52 Å². The standard InChI is InChI=1S/C44H30N4O12S4.ClH/c49-61(50,51)35-14-1-26(2-15-35)41-39-22-11-32(47-39)24-31-8-7-29(45-31)23-30-9-10-33(46-30)25-40-42(27-3-16-36(17-4-27)62(52,53)54)43(28-5-18-37(19-6-28)63(55,56)57)44(41)48(40)34-12-20-38(21-13-34)64(58,59)60;/h1-25,45H,(H,49,50,51)(H,52,53,54)(H,55,56,57)(H,58,59,60);1H. The van der Waals surface area contributed by atoms with Crippen LogP contribution < -0.4 is 0 Å². The number of H-pyrrole nitrogens is 1. The van der Waals surface area contributed by atoms with Gasteiger partial charge >= 0.3 is 0 Å². The molecule has 7 aromatic rings. The lowest BCUT2D eigenvalue weighted by molar-refractivity contribution is 0.481. The fourth-order valence-electron chi connectivity index (χ4n) is 7.57. The van der Waals surface area contributed by atoms with E-state index in [0.29, 0.717) is 67.2 Å². The first-order chi connectivity index (χ1) is 30.2. The van der Waals surface area contributed by atoms with Crippen LogP contribution in [0.25, 0.3) is 85.4 Å². The van der Waals surface area contributed by atoms with Crippen LogP contribution >= 0.6 is 12.4 Å². The molecule has 21 heteroatoms. The van der Waals surface area contributed by atoms with E-state index in [4.69, 9.17) is 9.97 Å². The van der Waals surface area contributed by atoms with Gasteiger partial charge in [0, 0.05) is 33.4 Å². The van der Waals surface area contributed by atoms with Crippen LogP contribution in [0.4, 0.5) is 0 Å². The molecule has 4 aromatic carbocycles. The Labute approximate surface area is 377 Å². The van der Waals surface area contributed by atoms with Gasteiger partial charge in [0.05, 0.1) is 53.4 Å². The van der Waals surface area contributed by atoms with E-state index in [2.05, 4.69) is 4.98 Å². The van der Waals surface area contributed by atoms with Crippen LogP contribution in [0.5, 0.6) is 0 Å². The largest absolute Gasteiger partial charge is 0.355 e. The summed E-state index contributed by atoms with van der Waals surface area (Å²) in [5.74, 6) is 0. The van der Waals surface area contributed by atoms with Gasteiger partial charge in [-0.25, -0.2) is 9.97 Å². The third kappa shape index (κ3) is 8.94. The Balaban J connectivity index is 0.00000576. The summed E-state index contributed by atoms with van der Waals surface area (Å²) in [7, 11) is -18.7. The number of fused-ring (bicyclic) bond motifs is 8. The molecule has 3 aromatic heterocycles. The molecule has 5 N–H and O–H groups in total. The monoisotopic (exact) mass is 970 g/mol. The van der Waals surface area contributed by atoms with Crippen molar-refractivity contribution < 1.29 is 51.9 Å². The first-order valence-electron chi connectivity index (χ1n) is 18.7. The van der Waals surface area contributed by atoms with Crippen molar-refractivity contribution in [2.45, 2.75) is 19.6 Å². The second-order valence-corrected chi connectivity index (χ2v) is 20.2. The number of rotatable bonds is 8. The molecule has 0 saturated heterocycles. The summed E-state index contributed by atoms with van der Waals surface area (Å²) < 4.78 is 140. The Morgan fingerprint density at radius 3 is 1.23 bits per heavy atom. The predicted octanol–water partition coefficient (Wildman–Crippen LogP) is 8.53. The van der Waals surface area contributed by atoms with Crippen molar-refractivity contribution in [3.8, 4) is 39.1 Å². The molecule has 0 amide bonds. The molecule has 0 spiro atoms. The molecule has 8 bridgehead atoms. The first kappa shape index (κ1) is 45.0. The van der Waals surface area contributed by atoms with Gasteiger partial charge in [0.2, 0.25) is 0 Å². The number of aromatic amines is 1. The van der Waals surface area contributed by atoms with Crippen molar-refractivity contribution in [1.82, 2.24) is 19.5 Å². The lowest BCUT2D eigenvalue weighted by Crippen LogP contribution is -2.01. The molecular weight excluding hydrogens is 940 g/mol. The summed E-state index contributed by atoms with van der Waals surface area (Å²) in [6.07, 6.45) is 6.97. The normalized spacial score (nSPS) is 12.9. The predicted molar refractivity (Wildman–Crippen MR) is 247 cm³/mol. The Morgan fingerprint density at radius 1 is 0.415 bits per heavy atom. The van der Waals surface area contributed by atoms with Crippen LogP contribution in [0.2, 0.25) is 0 Å². The number of nitrogens with zero attached hydrogens (tertiary/aromatic N) is 3. The van der Waals surface area contributed by atoms with E-state index in [9.17, 15) is 51.9 Å². The topological polar surface area (TPSA) is 264 Å². The molecule has 16 nitrogen and oxygen atoms in total. The molecule has 5 heterocycles. The van der Waals surface area contributed by atoms with Crippen molar-refractivity contribution in [3.05, 3.63) is 150 Å². The molecule has 0 atom stereocenters. The maximum atomic E-state index is 12.3. The van der Waals surface area contributed by atoms with Gasteiger partial charge in [0.1, 0.15) is 0 Å². The molecule has 0 unspecified atom stereocenters. The molecule has 0 radical (unpaired) electrons. The highest BCUT2D eigenvalue weighted by atomic mass is 35.5. The number of halogens is 1. The van der Waals surface area contributed by atoms with E-state index >= 15 is 0 Å². The lowest BCUT2D eigenvalue weighted by atomic mass is 9.93. The second kappa shape index (κ2) is 16.4. The molecule has 2 aliphatic rings. The lowest BCUT2D eigenvalue weighted by Gasteiger charge is -2.14. The summed E-state index contributed by atoms with van der Waals surface area (Å²) >= 11 is 0. The summed E-state index contributed by atoms with van der Waals surface area (Å²) in [6, 6.07) is 30.0. The average Bonchev–Trinajstić information content (AvgIpc) is 4.05. The van der Waals surface area contributed by atoms with Gasteiger partial charge in [0.15, 0.2) is 0 Å². The van der Waals surface area contributed by atoms with Gasteiger partial charge < -0.3 is 9.55 Å². The van der Waals surface area contributed by atoms with Gasteiger partial charge in [-0.3, -0.25) is 18.2 Å². The minimum atomic E-state index is -4.69. The number of nitrogens with one attached hydrogen (secondary N) is 1. The van der Waals surface area contributed by atoms with E-state index in [1.54, 1.807) is 41.0 Å².